The summed E-state index contributed by atoms with van der Waals surface area (Å²) in [5.41, 5.74) is 6.45. The van der Waals surface area contributed by atoms with E-state index in [0.717, 1.165) is 24.9 Å². The van der Waals surface area contributed by atoms with E-state index >= 15 is 0 Å². The quantitative estimate of drug-likeness (QED) is 0.612. The van der Waals surface area contributed by atoms with Crippen molar-refractivity contribution in [2.75, 3.05) is 19.6 Å². The molecule has 2 unspecified atom stereocenters. The molecule has 1 spiro atoms. The molecule has 3 N–H and O–H groups in total. The highest BCUT2D eigenvalue weighted by Crippen LogP contribution is 2.53. The van der Waals surface area contributed by atoms with Gasteiger partial charge in [-0.05, 0) is 49.7 Å². The first-order valence-electron chi connectivity index (χ1n) is 5.20. The number of nitrogens with one attached hydrogen (secondary N) is 1. The van der Waals surface area contributed by atoms with Crippen LogP contribution in [0.4, 0.5) is 0 Å². The molecule has 2 aliphatic rings. The Morgan fingerprint density at radius 2 is 2.17 bits per heavy atom. The van der Waals surface area contributed by atoms with Gasteiger partial charge in [-0.2, -0.15) is 0 Å². The van der Waals surface area contributed by atoms with Crippen LogP contribution in [0.5, 0.6) is 0 Å². The van der Waals surface area contributed by atoms with Crippen molar-refractivity contribution in [1.82, 2.24) is 5.32 Å². The molecular weight excluding hydrogens is 148 g/mol. The monoisotopic (exact) mass is 168 g/mol. The van der Waals surface area contributed by atoms with E-state index in [9.17, 15) is 0 Å². The maximum Gasteiger partial charge on any atom is -0.000290 e. The standard InChI is InChI=1S/C10H20N2/c1-8-6-12-7-9(5-11)10(8)3-2-4-10/h8-9,12H,2-7,11H2,1H3. The van der Waals surface area contributed by atoms with E-state index in [2.05, 4.69) is 12.2 Å². The van der Waals surface area contributed by atoms with Crippen LogP contribution in [0.15, 0.2) is 0 Å². The van der Waals surface area contributed by atoms with Crippen LogP contribution in [-0.2, 0) is 0 Å². The molecule has 0 bridgehead atoms. The lowest BCUT2D eigenvalue weighted by Gasteiger charge is -2.55. The lowest BCUT2D eigenvalue weighted by Crippen LogP contribution is -2.56. The minimum atomic E-state index is 0.639. The summed E-state index contributed by atoms with van der Waals surface area (Å²) < 4.78 is 0. The molecule has 0 radical (unpaired) electrons. The molecule has 2 atom stereocenters. The van der Waals surface area contributed by atoms with E-state index in [1.165, 1.54) is 25.8 Å². The zero-order valence-corrected chi connectivity index (χ0v) is 7.97. The van der Waals surface area contributed by atoms with Gasteiger partial charge >= 0.3 is 0 Å². The van der Waals surface area contributed by atoms with Gasteiger partial charge in [0.25, 0.3) is 0 Å². The van der Waals surface area contributed by atoms with Crippen molar-refractivity contribution in [2.45, 2.75) is 26.2 Å². The molecule has 0 amide bonds. The lowest BCUT2D eigenvalue weighted by atomic mass is 9.53. The molecule has 1 saturated carbocycles. The molecule has 2 rings (SSSR count). The number of piperidine rings is 1. The van der Waals surface area contributed by atoms with Gasteiger partial charge in [-0.25, -0.2) is 0 Å². The third-order valence-corrected chi connectivity index (χ3v) is 4.20. The fourth-order valence-corrected chi connectivity index (χ4v) is 3.09. The summed E-state index contributed by atoms with van der Waals surface area (Å²) in [4.78, 5) is 0. The predicted molar refractivity (Wildman–Crippen MR) is 50.9 cm³/mol. The van der Waals surface area contributed by atoms with Crippen LogP contribution in [-0.4, -0.2) is 19.6 Å². The van der Waals surface area contributed by atoms with E-state index < -0.39 is 0 Å². The normalized spacial score (nSPS) is 39.5. The zero-order chi connectivity index (χ0) is 8.60. The first kappa shape index (κ1) is 8.52. The molecule has 0 aromatic rings. The summed E-state index contributed by atoms with van der Waals surface area (Å²) in [5, 5.41) is 3.48. The van der Waals surface area contributed by atoms with Crippen molar-refractivity contribution in [2.24, 2.45) is 23.0 Å². The Morgan fingerprint density at radius 3 is 2.58 bits per heavy atom. The molecule has 1 saturated heterocycles. The van der Waals surface area contributed by atoms with E-state index in [1.54, 1.807) is 0 Å². The predicted octanol–water partition coefficient (Wildman–Crippen LogP) is 0.971. The van der Waals surface area contributed by atoms with Crippen molar-refractivity contribution in [1.29, 1.82) is 0 Å². The third kappa shape index (κ3) is 1.01. The van der Waals surface area contributed by atoms with Crippen LogP contribution in [0.3, 0.4) is 0 Å². The fraction of sp³-hybridized carbons (Fsp3) is 1.00. The van der Waals surface area contributed by atoms with Crippen LogP contribution in [0.1, 0.15) is 26.2 Å². The molecular formula is C10H20N2. The summed E-state index contributed by atoms with van der Waals surface area (Å²) >= 11 is 0. The highest BCUT2D eigenvalue weighted by atomic mass is 14.9. The van der Waals surface area contributed by atoms with Crippen LogP contribution in [0, 0.1) is 17.3 Å². The second-order valence-corrected chi connectivity index (χ2v) is 4.58. The van der Waals surface area contributed by atoms with Crippen molar-refractivity contribution in [3.05, 3.63) is 0 Å². The first-order valence-corrected chi connectivity index (χ1v) is 5.20. The molecule has 2 nitrogen and oxygen atoms in total. The number of hydrogen-bond donors (Lipinski definition) is 2. The molecule has 2 heteroatoms. The van der Waals surface area contributed by atoms with Crippen molar-refractivity contribution >= 4 is 0 Å². The molecule has 1 aliphatic heterocycles. The highest BCUT2D eigenvalue weighted by molar-refractivity contribution is 5.00. The Morgan fingerprint density at radius 1 is 1.42 bits per heavy atom. The summed E-state index contributed by atoms with van der Waals surface area (Å²) in [6.45, 7) is 5.61. The smallest absolute Gasteiger partial charge is 0.000290 e. The van der Waals surface area contributed by atoms with Crippen molar-refractivity contribution in [3.63, 3.8) is 0 Å². The van der Waals surface area contributed by atoms with Gasteiger partial charge in [0, 0.05) is 0 Å². The van der Waals surface area contributed by atoms with Gasteiger partial charge in [0.15, 0.2) is 0 Å². The van der Waals surface area contributed by atoms with E-state index in [4.69, 9.17) is 5.73 Å². The summed E-state index contributed by atoms with van der Waals surface area (Å²) in [6, 6.07) is 0. The maximum atomic E-state index is 5.81. The lowest BCUT2D eigenvalue weighted by molar-refractivity contribution is -0.0287. The largest absolute Gasteiger partial charge is 0.330 e. The Kier molecular flexibility index (Phi) is 2.13. The van der Waals surface area contributed by atoms with E-state index in [0.29, 0.717) is 5.41 Å². The molecule has 70 valence electrons. The van der Waals surface area contributed by atoms with Crippen molar-refractivity contribution in [3.8, 4) is 0 Å². The molecule has 0 aromatic carbocycles. The van der Waals surface area contributed by atoms with Crippen LogP contribution in [0.2, 0.25) is 0 Å². The second kappa shape index (κ2) is 3.00. The fourth-order valence-electron chi connectivity index (χ4n) is 3.09. The average molecular weight is 168 g/mol. The van der Waals surface area contributed by atoms with Crippen LogP contribution >= 0.6 is 0 Å². The van der Waals surface area contributed by atoms with Crippen LogP contribution in [0.25, 0.3) is 0 Å². The van der Waals surface area contributed by atoms with Gasteiger partial charge in [-0.15, -0.1) is 0 Å². The number of hydrogen-bond acceptors (Lipinski definition) is 2. The molecule has 1 heterocycles. The summed E-state index contributed by atoms with van der Waals surface area (Å²) in [7, 11) is 0. The SMILES string of the molecule is CC1CNCC(CN)C12CCC2. The Balaban J connectivity index is 2.11. The van der Waals surface area contributed by atoms with E-state index in [-0.39, 0.29) is 0 Å². The van der Waals surface area contributed by atoms with Crippen LogP contribution < -0.4 is 11.1 Å². The van der Waals surface area contributed by atoms with Gasteiger partial charge in [0.1, 0.15) is 0 Å². The Labute approximate surface area is 74.9 Å². The molecule has 0 aromatic heterocycles. The maximum absolute atomic E-state index is 5.81. The minimum Gasteiger partial charge on any atom is -0.330 e. The summed E-state index contributed by atoms with van der Waals surface area (Å²) in [5.74, 6) is 1.59. The first-order chi connectivity index (χ1) is 5.79. The van der Waals surface area contributed by atoms with Gasteiger partial charge in [0.05, 0.1) is 0 Å². The van der Waals surface area contributed by atoms with Gasteiger partial charge < -0.3 is 11.1 Å². The van der Waals surface area contributed by atoms with E-state index in [1.807, 2.05) is 0 Å². The van der Waals surface area contributed by atoms with Crippen molar-refractivity contribution < 1.29 is 0 Å². The van der Waals surface area contributed by atoms with Gasteiger partial charge in [-0.1, -0.05) is 13.3 Å². The second-order valence-electron chi connectivity index (χ2n) is 4.58. The summed E-state index contributed by atoms with van der Waals surface area (Å²) in [6.07, 6.45) is 4.29. The Hall–Kier alpha value is -0.0800. The molecule has 1 aliphatic carbocycles. The minimum absolute atomic E-state index is 0.639. The zero-order valence-electron chi connectivity index (χ0n) is 7.97. The topological polar surface area (TPSA) is 38.0 Å². The Bertz CT molecular complexity index is 163. The molecule has 12 heavy (non-hydrogen) atoms. The number of rotatable bonds is 1. The highest BCUT2D eigenvalue weighted by Gasteiger charge is 2.48. The van der Waals surface area contributed by atoms with Gasteiger partial charge in [-0.3, -0.25) is 0 Å². The van der Waals surface area contributed by atoms with Gasteiger partial charge in [0.2, 0.25) is 0 Å². The average Bonchev–Trinajstić information content (AvgIpc) is 2.00. The molecule has 2 fully saturated rings. The third-order valence-electron chi connectivity index (χ3n) is 4.20. The number of nitrogens with two attached hydrogens (primary N) is 1.